The number of carbonyl (C=O) groups is 1. The van der Waals surface area contributed by atoms with Gasteiger partial charge < -0.3 is 4.74 Å². The zero-order valence-corrected chi connectivity index (χ0v) is 8.75. The van der Waals surface area contributed by atoms with E-state index in [0.29, 0.717) is 17.0 Å². The molecule has 0 aliphatic rings. The van der Waals surface area contributed by atoms with Crippen LogP contribution in [0.15, 0.2) is 42.7 Å². The lowest BCUT2D eigenvalue weighted by molar-refractivity contribution is 0.0601. The van der Waals surface area contributed by atoms with Gasteiger partial charge in [0, 0.05) is 18.0 Å². The molecule has 0 bridgehead atoms. The topological polar surface area (TPSA) is 52.1 Å². The molecule has 4 heteroatoms. The molecule has 0 fully saturated rings. The molecule has 1 aromatic heterocycles. The minimum Gasteiger partial charge on any atom is -0.465 e. The number of methoxy groups -OCH3 is 1. The summed E-state index contributed by atoms with van der Waals surface area (Å²) in [6, 6.07) is 8.82. The number of nitrogens with zero attached hydrogens (tertiary/aromatic N) is 2. The van der Waals surface area contributed by atoms with Crippen LogP contribution in [0.2, 0.25) is 0 Å². The molecule has 0 radical (unpaired) electrons. The molecule has 16 heavy (non-hydrogen) atoms. The fraction of sp³-hybridized carbons (Fsp3) is 0.0833. The van der Waals surface area contributed by atoms with Crippen molar-refractivity contribution in [3.05, 3.63) is 48.3 Å². The van der Waals surface area contributed by atoms with Gasteiger partial charge in [-0.2, -0.15) is 0 Å². The molecule has 0 N–H and O–H groups in total. The lowest BCUT2D eigenvalue weighted by Gasteiger charge is -2.05. The van der Waals surface area contributed by atoms with Gasteiger partial charge in [0.05, 0.1) is 12.7 Å². The van der Waals surface area contributed by atoms with E-state index in [1.54, 1.807) is 36.7 Å². The van der Waals surface area contributed by atoms with Crippen molar-refractivity contribution in [1.29, 1.82) is 0 Å². The minimum atomic E-state index is -0.386. The summed E-state index contributed by atoms with van der Waals surface area (Å²) in [5, 5.41) is 0. The average Bonchev–Trinajstić information content (AvgIpc) is 2.39. The van der Waals surface area contributed by atoms with E-state index in [1.807, 2.05) is 6.07 Å². The predicted octanol–water partition coefficient (Wildman–Crippen LogP) is 1.93. The number of hydrogen-bond donors (Lipinski definition) is 0. The number of rotatable bonds is 2. The lowest BCUT2D eigenvalue weighted by atomic mass is 10.1. The van der Waals surface area contributed by atoms with Crippen molar-refractivity contribution in [2.75, 3.05) is 7.11 Å². The summed E-state index contributed by atoms with van der Waals surface area (Å²) in [6.07, 6.45) is 3.27. The molecule has 80 valence electrons. The molecule has 0 spiro atoms. The van der Waals surface area contributed by atoms with E-state index < -0.39 is 0 Å². The van der Waals surface area contributed by atoms with Gasteiger partial charge in [-0.1, -0.05) is 18.2 Å². The Morgan fingerprint density at radius 2 is 1.81 bits per heavy atom. The highest BCUT2D eigenvalue weighted by Crippen LogP contribution is 2.19. The van der Waals surface area contributed by atoms with Crippen molar-refractivity contribution in [1.82, 2.24) is 9.97 Å². The molecule has 1 heterocycles. The summed E-state index contributed by atoms with van der Waals surface area (Å²) in [5.41, 5.74) is 1.14. The van der Waals surface area contributed by atoms with Gasteiger partial charge >= 0.3 is 5.97 Å². The number of hydrogen-bond acceptors (Lipinski definition) is 4. The van der Waals surface area contributed by atoms with Gasteiger partial charge in [0.25, 0.3) is 0 Å². The Morgan fingerprint density at radius 3 is 2.50 bits per heavy atom. The van der Waals surface area contributed by atoms with E-state index in [-0.39, 0.29) is 5.97 Å². The second-order valence-corrected chi connectivity index (χ2v) is 3.11. The highest BCUT2D eigenvalue weighted by Gasteiger charge is 2.13. The second-order valence-electron chi connectivity index (χ2n) is 3.11. The molecule has 0 aliphatic heterocycles. The zero-order valence-electron chi connectivity index (χ0n) is 8.75. The molecule has 0 saturated heterocycles. The quantitative estimate of drug-likeness (QED) is 0.717. The van der Waals surface area contributed by atoms with E-state index in [0.717, 1.165) is 0 Å². The third kappa shape index (κ3) is 1.91. The maximum absolute atomic E-state index is 11.5. The normalized spacial score (nSPS) is 9.81. The van der Waals surface area contributed by atoms with E-state index in [4.69, 9.17) is 4.74 Å². The van der Waals surface area contributed by atoms with E-state index >= 15 is 0 Å². The van der Waals surface area contributed by atoms with Crippen LogP contribution in [0.5, 0.6) is 0 Å². The van der Waals surface area contributed by atoms with Crippen LogP contribution in [0.1, 0.15) is 10.4 Å². The highest BCUT2D eigenvalue weighted by molar-refractivity contribution is 5.96. The first-order valence-electron chi connectivity index (χ1n) is 4.77. The first-order valence-corrected chi connectivity index (χ1v) is 4.77. The fourth-order valence-electron chi connectivity index (χ4n) is 1.40. The fourth-order valence-corrected chi connectivity index (χ4v) is 1.40. The van der Waals surface area contributed by atoms with Crippen LogP contribution in [-0.2, 0) is 4.74 Å². The van der Waals surface area contributed by atoms with E-state index in [1.165, 1.54) is 7.11 Å². The Balaban J connectivity index is 2.53. The van der Waals surface area contributed by atoms with Crippen molar-refractivity contribution >= 4 is 5.97 Å². The molecule has 0 saturated carbocycles. The highest BCUT2D eigenvalue weighted by atomic mass is 16.5. The molecule has 2 rings (SSSR count). The number of esters is 1. The predicted molar refractivity (Wildman–Crippen MR) is 58.8 cm³/mol. The van der Waals surface area contributed by atoms with Gasteiger partial charge in [-0.3, -0.25) is 0 Å². The largest absolute Gasteiger partial charge is 0.465 e. The summed E-state index contributed by atoms with van der Waals surface area (Å²) in [4.78, 5) is 19.7. The maximum atomic E-state index is 11.5. The Kier molecular flexibility index (Phi) is 2.91. The van der Waals surface area contributed by atoms with Crippen LogP contribution in [0, 0.1) is 0 Å². The standard InChI is InChI=1S/C12H10N2O2/c1-16-12(15)10-6-3-2-5-9(10)11-13-7-4-8-14-11/h2-8H,1H3. The molecule has 0 atom stereocenters. The number of aromatic nitrogens is 2. The van der Waals surface area contributed by atoms with Gasteiger partial charge in [-0.25, -0.2) is 14.8 Å². The minimum absolute atomic E-state index is 0.386. The smallest absolute Gasteiger partial charge is 0.338 e. The van der Waals surface area contributed by atoms with Crippen LogP contribution in [0.4, 0.5) is 0 Å². The third-order valence-electron chi connectivity index (χ3n) is 2.14. The Hall–Kier alpha value is -2.23. The SMILES string of the molecule is COC(=O)c1ccccc1-c1ncccn1. The molecule has 0 aliphatic carbocycles. The second kappa shape index (κ2) is 4.53. The molecular formula is C12H10N2O2. The number of ether oxygens (including phenoxy) is 1. The summed E-state index contributed by atoms with van der Waals surface area (Å²) in [7, 11) is 1.35. The molecule has 0 unspecified atom stereocenters. The van der Waals surface area contributed by atoms with Crippen molar-refractivity contribution in [2.24, 2.45) is 0 Å². The van der Waals surface area contributed by atoms with Crippen molar-refractivity contribution in [3.8, 4) is 11.4 Å². The van der Waals surface area contributed by atoms with E-state index in [9.17, 15) is 4.79 Å². The average molecular weight is 214 g/mol. The van der Waals surface area contributed by atoms with Crippen molar-refractivity contribution in [3.63, 3.8) is 0 Å². The maximum Gasteiger partial charge on any atom is 0.338 e. The Bertz CT molecular complexity index is 497. The number of carbonyl (C=O) groups excluding carboxylic acids is 1. The van der Waals surface area contributed by atoms with Crippen molar-refractivity contribution in [2.45, 2.75) is 0 Å². The zero-order chi connectivity index (χ0) is 11.4. The van der Waals surface area contributed by atoms with Crippen LogP contribution >= 0.6 is 0 Å². The number of benzene rings is 1. The van der Waals surface area contributed by atoms with Crippen LogP contribution < -0.4 is 0 Å². The first-order chi connectivity index (χ1) is 7.83. The van der Waals surface area contributed by atoms with Gasteiger partial charge in [0.15, 0.2) is 5.82 Å². The summed E-state index contributed by atoms with van der Waals surface area (Å²) < 4.78 is 4.70. The molecule has 2 aromatic rings. The van der Waals surface area contributed by atoms with Crippen LogP contribution in [0.25, 0.3) is 11.4 Å². The summed E-state index contributed by atoms with van der Waals surface area (Å²) >= 11 is 0. The van der Waals surface area contributed by atoms with Gasteiger partial charge in [-0.05, 0) is 12.1 Å². The Labute approximate surface area is 92.9 Å². The monoisotopic (exact) mass is 214 g/mol. The molecule has 0 amide bonds. The molecule has 1 aromatic carbocycles. The molecular weight excluding hydrogens is 204 g/mol. The van der Waals surface area contributed by atoms with Crippen LogP contribution in [-0.4, -0.2) is 23.0 Å². The summed E-state index contributed by atoms with van der Waals surface area (Å²) in [6.45, 7) is 0. The molecule has 4 nitrogen and oxygen atoms in total. The van der Waals surface area contributed by atoms with Crippen LogP contribution in [0.3, 0.4) is 0 Å². The van der Waals surface area contributed by atoms with Gasteiger partial charge in [-0.15, -0.1) is 0 Å². The third-order valence-corrected chi connectivity index (χ3v) is 2.14. The van der Waals surface area contributed by atoms with E-state index in [2.05, 4.69) is 9.97 Å². The van der Waals surface area contributed by atoms with Crippen molar-refractivity contribution < 1.29 is 9.53 Å². The lowest BCUT2D eigenvalue weighted by Crippen LogP contribution is -2.04. The summed E-state index contributed by atoms with van der Waals surface area (Å²) in [5.74, 6) is 0.131. The van der Waals surface area contributed by atoms with Gasteiger partial charge in [0.1, 0.15) is 0 Å². The van der Waals surface area contributed by atoms with Gasteiger partial charge in [0.2, 0.25) is 0 Å². The first kappa shape index (κ1) is 10.3. The Morgan fingerprint density at radius 1 is 1.12 bits per heavy atom.